The van der Waals surface area contributed by atoms with Gasteiger partial charge in [0.2, 0.25) is 0 Å². The highest BCUT2D eigenvalue weighted by molar-refractivity contribution is 5.93. The van der Waals surface area contributed by atoms with Gasteiger partial charge in [0.15, 0.2) is 5.65 Å². The lowest BCUT2D eigenvalue weighted by atomic mass is 10.1. The van der Waals surface area contributed by atoms with Crippen LogP contribution in [0.15, 0.2) is 43.4 Å². The minimum absolute atomic E-state index is 0.0119. The average molecular weight is 401 g/mol. The van der Waals surface area contributed by atoms with Gasteiger partial charge in [-0.05, 0) is 31.5 Å². The molecule has 0 saturated carbocycles. The highest BCUT2D eigenvalue weighted by Gasteiger charge is 2.38. The minimum atomic E-state index is -4.53. The minimum Gasteiger partial charge on any atom is -0.350 e. The van der Waals surface area contributed by atoms with Crippen molar-refractivity contribution in [2.45, 2.75) is 32.1 Å². The van der Waals surface area contributed by atoms with Crippen LogP contribution in [0.2, 0.25) is 0 Å². The number of rotatable bonds is 3. The van der Waals surface area contributed by atoms with E-state index >= 15 is 0 Å². The summed E-state index contributed by atoms with van der Waals surface area (Å²) in [5.74, 6) is 0.321. The smallest absolute Gasteiger partial charge is 0.350 e. The molecule has 3 aromatic rings. The second-order valence-electron chi connectivity index (χ2n) is 7.42. The maximum absolute atomic E-state index is 14.0. The summed E-state index contributed by atoms with van der Waals surface area (Å²) < 4.78 is 43.5. The van der Waals surface area contributed by atoms with E-state index in [4.69, 9.17) is 0 Å². The molecule has 8 heteroatoms. The van der Waals surface area contributed by atoms with Crippen molar-refractivity contribution in [3.8, 4) is 5.69 Å². The Morgan fingerprint density at radius 2 is 2.03 bits per heavy atom. The van der Waals surface area contributed by atoms with Crippen LogP contribution in [-0.2, 0) is 6.18 Å². The number of piperazine rings is 1. The van der Waals surface area contributed by atoms with Gasteiger partial charge in [0.25, 0.3) is 0 Å². The first-order chi connectivity index (χ1) is 13.8. The summed E-state index contributed by atoms with van der Waals surface area (Å²) in [6, 6.07) is 7.33. The van der Waals surface area contributed by atoms with Crippen molar-refractivity contribution in [2.24, 2.45) is 0 Å². The van der Waals surface area contributed by atoms with E-state index in [2.05, 4.69) is 21.9 Å². The van der Waals surface area contributed by atoms with Gasteiger partial charge in [-0.3, -0.25) is 0 Å². The van der Waals surface area contributed by atoms with Gasteiger partial charge >= 0.3 is 6.18 Å². The van der Waals surface area contributed by atoms with Crippen molar-refractivity contribution in [3.63, 3.8) is 0 Å². The number of hydrogen-bond acceptors (Lipinski definition) is 4. The predicted octanol–water partition coefficient (Wildman–Crippen LogP) is 4.27. The molecule has 3 heterocycles. The maximum atomic E-state index is 14.0. The lowest BCUT2D eigenvalue weighted by molar-refractivity contribution is -0.136. The van der Waals surface area contributed by atoms with E-state index in [0.29, 0.717) is 24.6 Å². The number of fused-ring (bicyclic) bond motifs is 1. The monoisotopic (exact) mass is 401 g/mol. The van der Waals surface area contributed by atoms with Gasteiger partial charge in [-0.15, -0.1) is 0 Å². The Balaban J connectivity index is 1.98. The molecule has 1 aliphatic rings. The molecular weight excluding hydrogens is 379 g/mol. The van der Waals surface area contributed by atoms with Crippen LogP contribution in [0, 0.1) is 0 Å². The third-order valence-corrected chi connectivity index (χ3v) is 5.29. The summed E-state index contributed by atoms with van der Waals surface area (Å²) in [4.78, 5) is 10.5. The van der Waals surface area contributed by atoms with Crippen molar-refractivity contribution < 1.29 is 13.2 Å². The molecule has 0 aliphatic carbocycles. The molecule has 29 heavy (non-hydrogen) atoms. The van der Waals surface area contributed by atoms with Crippen molar-refractivity contribution in [1.82, 2.24) is 19.9 Å². The normalized spacial score (nSPS) is 20.2. The van der Waals surface area contributed by atoms with Crippen LogP contribution in [0.3, 0.4) is 0 Å². The van der Waals surface area contributed by atoms with Crippen LogP contribution < -0.4 is 10.2 Å². The Morgan fingerprint density at radius 1 is 1.24 bits per heavy atom. The SMILES string of the molecule is C=Cc1cccc(-n2cc(C(F)(F)F)c3c(N4C[C@@H](C)NC[C@@H]4C)ncnc32)c1. The van der Waals surface area contributed by atoms with Gasteiger partial charge < -0.3 is 14.8 Å². The maximum Gasteiger partial charge on any atom is 0.418 e. The first-order valence-corrected chi connectivity index (χ1v) is 9.45. The molecule has 0 radical (unpaired) electrons. The van der Waals surface area contributed by atoms with Crippen LogP contribution in [0.1, 0.15) is 25.0 Å². The quantitative estimate of drug-likeness (QED) is 0.712. The number of hydrogen-bond donors (Lipinski definition) is 1. The third kappa shape index (κ3) is 3.48. The standard InChI is InChI=1S/C21H22F3N5/c1-4-15-6-5-7-16(8-15)29-11-17(21(22,23)24)18-19(26-12-27-20(18)29)28-10-13(2)25-9-14(28)3/h4-8,11-14,25H,1,9-10H2,2-3H3/t13-,14+/m1/s1. The molecule has 1 fully saturated rings. The van der Waals surface area contributed by atoms with Crippen LogP contribution in [0.4, 0.5) is 19.0 Å². The molecule has 4 rings (SSSR count). The third-order valence-electron chi connectivity index (χ3n) is 5.29. The first kappa shape index (κ1) is 19.4. The average Bonchev–Trinajstić information content (AvgIpc) is 3.10. The summed E-state index contributed by atoms with van der Waals surface area (Å²) in [7, 11) is 0. The van der Waals surface area contributed by atoms with Gasteiger partial charge in [-0.1, -0.05) is 24.8 Å². The number of alkyl halides is 3. The van der Waals surface area contributed by atoms with Gasteiger partial charge in [0, 0.05) is 37.1 Å². The van der Waals surface area contributed by atoms with Crippen LogP contribution in [-0.4, -0.2) is 39.7 Å². The molecule has 2 atom stereocenters. The van der Waals surface area contributed by atoms with Crippen molar-refractivity contribution in [2.75, 3.05) is 18.0 Å². The predicted molar refractivity (Wildman–Crippen MR) is 108 cm³/mol. The Morgan fingerprint density at radius 3 is 2.76 bits per heavy atom. The molecule has 2 aromatic heterocycles. The highest BCUT2D eigenvalue weighted by Crippen LogP contribution is 2.40. The number of halogens is 3. The summed E-state index contributed by atoms with van der Waals surface area (Å²) >= 11 is 0. The van der Waals surface area contributed by atoms with Crippen LogP contribution in [0.25, 0.3) is 22.8 Å². The number of benzene rings is 1. The molecule has 0 spiro atoms. The van der Waals surface area contributed by atoms with Gasteiger partial charge in [-0.25, -0.2) is 9.97 Å². The van der Waals surface area contributed by atoms with Crippen molar-refractivity contribution >= 4 is 22.9 Å². The summed E-state index contributed by atoms with van der Waals surface area (Å²) in [5.41, 5.74) is 0.915. The second kappa shape index (κ2) is 7.18. The number of anilines is 1. The molecule has 1 aromatic carbocycles. The topological polar surface area (TPSA) is 46.0 Å². The van der Waals surface area contributed by atoms with Gasteiger partial charge in [0.05, 0.1) is 10.9 Å². The highest BCUT2D eigenvalue weighted by atomic mass is 19.4. The van der Waals surface area contributed by atoms with E-state index in [1.165, 1.54) is 10.9 Å². The van der Waals surface area contributed by atoms with E-state index in [1.807, 2.05) is 24.8 Å². The fourth-order valence-corrected chi connectivity index (χ4v) is 3.79. The lowest BCUT2D eigenvalue weighted by Crippen LogP contribution is -2.54. The number of nitrogens with zero attached hydrogens (tertiary/aromatic N) is 4. The van der Waals surface area contributed by atoms with Crippen molar-refractivity contribution in [1.29, 1.82) is 0 Å². The molecule has 5 nitrogen and oxygen atoms in total. The Bertz CT molecular complexity index is 1060. The van der Waals surface area contributed by atoms with E-state index in [1.54, 1.807) is 24.3 Å². The lowest BCUT2D eigenvalue weighted by Gasteiger charge is -2.38. The fourth-order valence-electron chi connectivity index (χ4n) is 3.79. The zero-order chi connectivity index (χ0) is 20.8. The van der Waals surface area contributed by atoms with E-state index in [-0.39, 0.29) is 23.1 Å². The molecule has 0 unspecified atom stereocenters. The molecule has 0 bridgehead atoms. The molecule has 1 aliphatic heterocycles. The molecule has 152 valence electrons. The molecule has 1 saturated heterocycles. The van der Waals surface area contributed by atoms with Crippen LogP contribution >= 0.6 is 0 Å². The van der Waals surface area contributed by atoms with Crippen LogP contribution in [0.5, 0.6) is 0 Å². The zero-order valence-electron chi connectivity index (χ0n) is 16.2. The molecule has 0 amide bonds. The largest absolute Gasteiger partial charge is 0.418 e. The number of aromatic nitrogens is 3. The summed E-state index contributed by atoms with van der Waals surface area (Å²) in [6.07, 6.45) is -0.418. The Kier molecular flexibility index (Phi) is 4.82. The van der Waals surface area contributed by atoms with E-state index in [0.717, 1.165) is 11.8 Å². The van der Waals surface area contributed by atoms with E-state index in [9.17, 15) is 13.2 Å². The second-order valence-corrected chi connectivity index (χ2v) is 7.42. The fraction of sp³-hybridized carbons (Fsp3) is 0.333. The summed E-state index contributed by atoms with van der Waals surface area (Å²) in [6.45, 7) is 8.97. The summed E-state index contributed by atoms with van der Waals surface area (Å²) in [5, 5.41) is 3.38. The van der Waals surface area contributed by atoms with Gasteiger partial charge in [-0.2, -0.15) is 13.2 Å². The van der Waals surface area contributed by atoms with E-state index < -0.39 is 11.7 Å². The Labute approximate surface area is 166 Å². The molecular formula is C21H22F3N5. The zero-order valence-corrected chi connectivity index (χ0v) is 16.2. The number of nitrogens with one attached hydrogen (secondary N) is 1. The van der Waals surface area contributed by atoms with Crippen molar-refractivity contribution in [3.05, 3.63) is 54.5 Å². The first-order valence-electron chi connectivity index (χ1n) is 9.45. The Hall–Kier alpha value is -2.87. The molecule has 1 N–H and O–H groups in total. The van der Waals surface area contributed by atoms with Gasteiger partial charge in [0.1, 0.15) is 12.1 Å².